The highest BCUT2D eigenvalue weighted by atomic mass is 32.1. The number of benzene rings is 1. The number of hydrogen-bond acceptors (Lipinski definition) is 6. The van der Waals surface area contributed by atoms with Gasteiger partial charge in [0, 0.05) is 12.2 Å². The number of thiol groups is 1. The highest BCUT2D eigenvalue weighted by Crippen LogP contribution is 2.04. The Morgan fingerprint density at radius 3 is 2.22 bits per heavy atom. The van der Waals surface area contributed by atoms with E-state index in [0.29, 0.717) is 0 Å². The minimum absolute atomic E-state index is 0.0997. The van der Waals surface area contributed by atoms with Crippen LogP contribution >= 0.6 is 12.6 Å². The molecule has 27 heavy (non-hydrogen) atoms. The number of nitrogens with two attached hydrogens (primary N) is 1. The van der Waals surface area contributed by atoms with Crippen LogP contribution < -0.4 is 21.7 Å². The van der Waals surface area contributed by atoms with Gasteiger partial charge in [0.05, 0.1) is 12.6 Å². The van der Waals surface area contributed by atoms with Crippen molar-refractivity contribution in [1.82, 2.24) is 16.0 Å². The van der Waals surface area contributed by atoms with Gasteiger partial charge in [-0.3, -0.25) is 14.4 Å². The Morgan fingerprint density at radius 1 is 1.07 bits per heavy atom. The van der Waals surface area contributed by atoms with Crippen molar-refractivity contribution in [3.63, 3.8) is 0 Å². The Hall–Kier alpha value is -2.59. The molecule has 0 aromatic heterocycles. The van der Waals surface area contributed by atoms with Crippen LogP contribution in [0.1, 0.15) is 12.5 Å². The molecule has 10 heteroatoms. The number of rotatable bonds is 10. The Labute approximate surface area is 162 Å². The number of hydrogen-bond donors (Lipinski definition) is 6. The fourth-order valence-electron chi connectivity index (χ4n) is 2.09. The van der Waals surface area contributed by atoms with Gasteiger partial charge in [-0.25, -0.2) is 4.79 Å². The summed E-state index contributed by atoms with van der Waals surface area (Å²) in [7, 11) is 0. The summed E-state index contributed by atoms with van der Waals surface area (Å²) < 4.78 is 0. The van der Waals surface area contributed by atoms with Gasteiger partial charge in [-0.1, -0.05) is 30.3 Å². The van der Waals surface area contributed by atoms with Gasteiger partial charge in [-0.2, -0.15) is 12.6 Å². The SMILES string of the molecule is CC(N)C(=O)NCC(=O)NC(Cc1ccccc1)C(=O)NC(CS)C(=O)O. The first-order valence-corrected chi connectivity index (χ1v) is 8.88. The van der Waals surface area contributed by atoms with Crippen molar-refractivity contribution in [2.24, 2.45) is 5.73 Å². The molecular formula is C17H24N4O5S. The Balaban J connectivity index is 2.81. The zero-order valence-electron chi connectivity index (χ0n) is 14.8. The summed E-state index contributed by atoms with van der Waals surface area (Å²) in [5, 5.41) is 16.3. The lowest BCUT2D eigenvalue weighted by molar-refractivity contribution is -0.141. The Kier molecular flexibility index (Phi) is 9.31. The number of nitrogens with one attached hydrogen (secondary N) is 3. The second-order valence-electron chi connectivity index (χ2n) is 5.90. The van der Waals surface area contributed by atoms with Gasteiger partial charge < -0.3 is 26.8 Å². The van der Waals surface area contributed by atoms with Crippen LogP contribution in [0.5, 0.6) is 0 Å². The van der Waals surface area contributed by atoms with Gasteiger partial charge in [0.1, 0.15) is 12.1 Å². The summed E-state index contributed by atoms with van der Waals surface area (Å²) >= 11 is 3.90. The van der Waals surface area contributed by atoms with Crippen molar-refractivity contribution in [3.05, 3.63) is 35.9 Å². The summed E-state index contributed by atoms with van der Waals surface area (Å²) in [4.78, 5) is 47.1. The number of aliphatic carboxylic acids is 1. The van der Waals surface area contributed by atoms with Crippen molar-refractivity contribution >= 4 is 36.3 Å². The zero-order valence-corrected chi connectivity index (χ0v) is 15.7. The Morgan fingerprint density at radius 2 is 1.70 bits per heavy atom. The van der Waals surface area contributed by atoms with E-state index in [4.69, 9.17) is 10.8 Å². The molecule has 1 aromatic carbocycles. The average molecular weight is 396 g/mol. The van der Waals surface area contributed by atoms with Crippen LogP contribution in [0, 0.1) is 0 Å². The first-order chi connectivity index (χ1) is 12.7. The minimum Gasteiger partial charge on any atom is -0.480 e. The highest BCUT2D eigenvalue weighted by molar-refractivity contribution is 7.80. The van der Waals surface area contributed by atoms with Crippen molar-refractivity contribution in [1.29, 1.82) is 0 Å². The van der Waals surface area contributed by atoms with Crippen molar-refractivity contribution in [2.75, 3.05) is 12.3 Å². The molecule has 0 aliphatic rings. The molecule has 0 heterocycles. The van der Waals surface area contributed by atoms with Crippen LogP contribution in [0.15, 0.2) is 30.3 Å². The summed E-state index contributed by atoms with van der Waals surface area (Å²) in [6.07, 6.45) is 0.151. The second kappa shape index (κ2) is 11.2. The van der Waals surface area contributed by atoms with E-state index in [1.165, 1.54) is 6.92 Å². The van der Waals surface area contributed by atoms with Crippen LogP contribution in [0.4, 0.5) is 0 Å². The number of carboxylic acid groups (broad SMARTS) is 1. The maximum atomic E-state index is 12.5. The Bertz CT molecular complexity index is 669. The van der Waals surface area contributed by atoms with Crippen LogP contribution in [0.25, 0.3) is 0 Å². The predicted molar refractivity (Wildman–Crippen MR) is 102 cm³/mol. The quantitative estimate of drug-likeness (QED) is 0.270. The molecule has 9 nitrogen and oxygen atoms in total. The average Bonchev–Trinajstić information content (AvgIpc) is 2.63. The lowest BCUT2D eigenvalue weighted by Crippen LogP contribution is -2.54. The van der Waals surface area contributed by atoms with Crippen molar-refractivity contribution in [2.45, 2.75) is 31.5 Å². The minimum atomic E-state index is -1.23. The van der Waals surface area contributed by atoms with E-state index in [9.17, 15) is 19.2 Å². The molecular weight excluding hydrogens is 372 g/mol. The summed E-state index contributed by atoms with van der Waals surface area (Å²) in [5.74, 6) is -3.09. The van der Waals surface area contributed by atoms with Crippen LogP contribution in [-0.4, -0.2) is 59.2 Å². The molecule has 0 saturated heterocycles. The molecule has 3 atom stereocenters. The van der Waals surface area contributed by atoms with Crippen LogP contribution in [-0.2, 0) is 25.6 Å². The number of carboxylic acids is 1. The molecule has 1 aromatic rings. The first kappa shape index (κ1) is 22.5. The molecule has 0 radical (unpaired) electrons. The van der Waals surface area contributed by atoms with Gasteiger partial charge in [-0.05, 0) is 12.5 Å². The molecule has 0 aliphatic heterocycles. The van der Waals surface area contributed by atoms with E-state index in [2.05, 4.69) is 28.6 Å². The van der Waals surface area contributed by atoms with E-state index in [1.54, 1.807) is 24.3 Å². The molecule has 0 bridgehead atoms. The topological polar surface area (TPSA) is 151 Å². The molecule has 0 spiro atoms. The third-order valence-electron chi connectivity index (χ3n) is 3.57. The fourth-order valence-corrected chi connectivity index (χ4v) is 2.34. The fraction of sp³-hybridized carbons (Fsp3) is 0.412. The largest absolute Gasteiger partial charge is 0.480 e. The van der Waals surface area contributed by atoms with E-state index in [1.807, 2.05) is 6.07 Å². The lowest BCUT2D eigenvalue weighted by atomic mass is 10.0. The smallest absolute Gasteiger partial charge is 0.327 e. The number of carbonyl (C=O) groups is 4. The first-order valence-electron chi connectivity index (χ1n) is 8.25. The molecule has 148 valence electrons. The molecule has 0 aliphatic carbocycles. The van der Waals surface area contributed by atoms with Gasteiger partial charge in [0.2, 0.25) is 17.7 Å². The predicted octanol–water partition coefficient (Wildman–Crippen LogP) is -1.32. The third-order valence-corrected chi connectivity index (χ3v) is 3.93. The lowest BCUT2D eigenvalue weighted by Gasteiger charge is -2.21. The van der Waals surface area contributed by atoms with Crippen LogP contribution in [0.2, 0.25) is 0 Å². The van der Waals surface area contributed by atoms with Crippen molar-refractivity contribution < 1.29 is 24.3 Å². The van der Waals surface area contributed by atoms with Crippen molar-refractivity contribution in [3.8, 4) is 0 Å². The maximum Gasteiger partial charge on any atom is 0.327 e. The van der Waals surface area contributed by atoms with Crippen LogP contribution in [0.3, 0.4) is 0 Å². The molecule has 3 amide bonds. The summed E-state index contributed by atoms with van der Waals surface area (Å²) in [6, 6.07) is 5.94. The molecule has 0 saturated carbocycles. The molecule has 3 unspecified atom stereocenters. The third kappa shape index (κ3) is 8.09. The standard InChI is InChI=1S/C17H24N4O5S/c1-10(18)15(23)19-8-14(22)20-12(7-11-5-3-2-4-6-11)16(24)21-13(9-27)17(25)26/h2-6,10,12-13,27H,7-9,18H2,1H3,(H,19,23)(H,20,22)(H,21,24)(H,25,26). The normalized spacial score (nSPS) is 13.7. The summed E-state index contributed by atoms with van der Waals surface area (Å²) in [5.41, 5.74) is 6.18. The molecule has 6 N–H and O–H groups in total. The van der Waals surface area contributed by atoms with E-state index >= 15 is 0 Å². The van der Waals surface area contributed by atoms with Gasteiger partial charge >= 0.3 is 5.97 Å². The van der Waals surface area contributed by atoms with Gasteiger partial charge in [0.25, 0.3) is 0 Å². The molecule has 1 rings (SSSR count). The second-order valence-corrected chi connectivity index (χ2v) is 6.26. The van der Waals surface area contributed by atoms with E-state index in [0.717, 1.165) is 5.56 Å². The monoisotopic (exact) mass is 396 g/mol. The molecule has 0 fully saturated rings. The summed E-state index contributed by atoms with van der Waals surface area (Å²) in [6.45, 7) is 1.12. The van der Waals surface area contributed by atoms with Gasteiger partial charge in [0.15, 0.2) is 0 Å². The van der Waals surface area contributed by atoms with Gasteiger partial charge in [-0.15, -0.1) is 0 Å². The van der Waals surface area contributed by atoms with E-state index in [-0.39, 0.29) is 18.7 Å². The highest BCUT2D eigenvalue weighted by Gasteiger charge is 2.26. The number of amides is 3. The number of carbonyl (C=O) groups excluding carboxylic acids is 3. The zero-order chi connectivity index (χ0) is 20.4. The maximum absolute atomic E-state index is 12.5. The van der Waals surface area contributed by atoms with E-state index < -0.39 is 41.8 Å².